The molecule has 144 valence electrons. The topological polar surface area (TPSA) is 82.5 Å². The smallest absolute Gasteiger partial charge is 0.268 e. The summed E-state index contributed by atoms with van der Waals surface area (Å²) in [6.07, 6.45) is 6.29. The van der Waals surface area contributed by atoms with Gasteiger partial charge in [-0.3, -0.25) is 4.98 Å². The van der Waals surface area contributed by atoms with Crippen LogP contribution in [0.4, 0.5) is 0 Å². The lowest BCUT2D eigenvalue weighted by Crippen LogP contribution is -2.20. The number of ether oxygens (including phenoxy) is 2. The molecule has 0 bridgehead atoms. The molecule has 0 fully saturated rings. The molecule has 1 aromatic carbocycles. The number of rotatable bonds is 3. The molecule has 5 rings (SSSR count). The number of hydrogen-bond acceptors (Lipinski definition) is 6. The highest BCUT2D eigenvalue weighted by Gasteiger charge is 2.25. The second-order valence-corrected chi connectivity index (χ2v) is 8.52. The van der Waals surface area contributed by atoms with Crippen molar-refractivity contribution in [3.8, 4) is 11.5 Å². The third-order valence-electron chi connectivity index (χ3n) is 5.01. The number of aromatic nitrogens is 2. The number of fused-ring (bicyclic) bond motifs is 2. The van der Waals surface area contributed by atoms with Gasteiger partial charge in [-0.15, -0.1) is 0 Å². The van der Waals surface area contributed by atoms with E-state index < -0.39 is 10.0 Å². The average Bonchev–Trinajstić information content (AvgIpc) is 3.14. The van der Waals surface area contributed by atoms with Crippen molar-refractivity contribution < 1.29 is 17.9 Å². The lowest BCUT2D eigenvalue weighted by molar-refractivity contribution is 0.171. The fraction of sp³-hybridized carbons (Fsp3) is 0.250. The van der Waals surface area contributed by atoms with Crippen LogP contribution in [0.1, 0.15) is 12.0 Å². The molecule has 0 atom stereocenters. The summed E-state index contributed by atoms with van der Waals surface area (Å²) in [6, 6.07) is 8.24. The van der Waals surface area contributed by atoms with Gasteiger partial charge in [0.05, 0.1) is 15.9 Å². The number of nitrogens with one attached hydrogen (secondary N) is 1. The normalized spacial score (nSPS) is 16.8. The number of pyridine rings is 1. The van der Waals surface area contributed by atoms with Gasteiger partial charge in [-0.1, -0.05) is 6.08 Å². The molecule has 0 saturated carbocycles. The van der Waals surface area contributed by atoms with E-state index in [1.54, 1.807) is 36.7 Å². The molecule has 0 amide bonds. The van der Waals surface area contributed by atoms with Crippen LogP contribution in [-0.2, 0) is 10.0 Å². The van der Waals surface area contributed by atoms with E-state index in [9.17, 15) is 8.42 Å². The summed E-state index contributed by atoms with van der Waals surface area (Å²) in [5.74, 6) is 1.01. The Morgan fingerprint density at radius 1 is 1.11 bits per heavy atom. The Hall–Kier alpha value is -2.84. The van der Waals surface area contributed by atoms with Gasteiger partial charge in [0.15, 0.2) is 11.5 Å². The fourth-order valence-corrected chi connectivity index (χ4v) is 5.00. The Labute approximate surface area is 162 Å². The summed E-state index contributed by atoms with van der Waals surface area (Å²) in [5.41, 5.74) is 3.22. The molecule has 0 radical (unpaired) electrons. The maximum atomic E-state index is 13.4. The first-order valence-electron chi connectivity index (χ1n) is 9.16. The zero-order valence-electron chi connectivity index (χ0n) is 15.1. The maximum absolute atomic E-state index is 13.4. The van der Waals surface area contributed by atoms with Crippen LogP contribution in [0.25, 0.3) is 16.6 Å². The fourth-order valence-electron chi connectivity index (χ4n) is 3.63. The van der Waals surface area contributed by atoms with Gasteiger partial charge >= 0.3 is 0 Å². The van der Waals surface area contributed by atoms with Crippen LogP contribution in [0, 0.1) is 0 Å². The Morgan fingerprint density at radius 2 is 1.96 bits per heavy atom. The standard InChI is InChI=1S/C20H19N3O4S/c24-28(25,15-3-4-18-19(12-15)27-11-10-26-18)23-13-16(14-5-8-21-9-6-14)20-17(23)2-1-7-22-20/h1-5,7,12-13,21H,6,8-11H2. The molecule has 28 heavy (non-hydrogen) atoms. The van der Waals surface area contributed by atoms with Crippen molar-refractivity contribution >= 4 is 26.6 Å². The number of benzene rings is 1. The summed E-state index contributed by atoms with van der Waals surface area (Å²) in [6.45, 7) is 2.49. The summed E-state index contributed by atoms with van der Waals surface area (Å²) >= 11 is 0. The lowest BCUT2D eigenvalue weighted by Gasteiger charge is -2.19. The summed E-state index contributed by atoms with van der Waals surface area (Å²) in [4.78, 5) is 4.62. The second-order valence-electron chi connectivity index (χ2n) is 6.70. The maximum Gasteiger partial charge on any atom is 0.268 e. The van der Waals surface area contributed by atoms with Crippen molar-refractivity contribution in [2.24, 2.45) is 0 Å². The van der Waals surface area contributed by atoms with E-state index in [4.69, 9.17) is 9.47 Å². The molecule has 1 N–H and O–H groups in total. The van der Waals surface area contributed by atoms with Crippen molar-refractivity contribution in [2.45, 2.75) is 11.3 Å². The quantitative estimate of drug-likeness (QED) is 0.731. The minimum Gasteiger partial charge on any atom is -0.486 e. The Kier molecular flexibility index (Phi) is 4.10. The van der Waals surface area contributed by atoms with Crippen molar-refractivity contribution in [1.29, 1.82) is 0 Å². The monoisotopic (exact) mass is 397 g/mol. The molecular weight excluding hydrogens is 378 g/mol. The van der Waals surface area contributed by atoms with Gasteiger partial charge in [-0.25, -0.2) is 12.4 Å². The van der Waals surface area contributed by atoms with Crippen molar-refractivity contribution in [3.63, 3.8) is 0 Å². The molecule has 4 heterocycles. The van der Waals surface area contributed by atoms with Gasteiger partial charge in [-0.05, 0) is 42.8 Å². The molecule has 0 saturated heterocycles. The van der Waals surface area contributed by atoms with Crippen LogP contribution in [0.5, 0.6) is 11.5 Å². The van der Waals surface area contributed by atoms with Crippen LogP contribution in [0.3, 0.4) is 0 Å². The van der Waals surface area contributed by atoms with Gasteiger partial charge < -0.3 is 14.8 Å². The van der Waals surface area contributed by atoms with Gasteiger partial charge in [0.2, 0.25) is 0 Å². The number of nitrogens with zero attached hydrogens (tertiary/aromatic N) is 2. The van der Waals surface area contributed by atoms with Crippen molar-refractivity contribution in [3.05, 3.63) is 54.4 Å². The van der Waals surface area contributed by atoms with Gasteiger partial charge in [0.1, 0.15) is 13.2 Å². The zero-order valence-corrected chi connectivity index (χ0v) is 15.9. The highest BCUT2D eigenvalue weighted by Crippen LogP contribution is 2.35. The summed E-state index contributed by atoms with van der Waals surface area (Å²) < 4.78 is 39.2. The second kappa shape index (κ2) is 6.65. The predicted octanol–water partition coefficient (Wildman–Crippen LogP) is 2.42. The summed E-state index contributed by atoms with van der Waals surface area (Å²) in [5, 5.41) is 3.28. The zero-order chi connectivity index (χ0) is 19.1. The molecule has 2 aromatic heterocycles. The molecular formula is C20H19N3O4S. The van der Waals surface area contributed by atoms with Crippen molar-refractivity contribution in [1.82, 2.24) is 14.3 Å². The number of hydrogen-bond donors (Lipinski definition) is 1. The molecule has 3 aromatic rings. The summed E-state index contributed by atoms with van der Waals surface area (Å²) in [7, 11) is -3.82. The van der Waals surface area contributed by atoms with E-state index in [0.29, 0.717) is 35.7 Å². The van der Waals surface area contributed by atoms with E-state index in [0.717, 1.165) is 30.6 Å². The predicted molar refractivity (Wildman–Crippen MR) is 105 cm³/mol. The largest absolute Gasteiger partial charge is 0.486 e. The van der Waals surface area contributed by atoms with Crippen LogP contribution in [-0.4, -0.2) is 43.7 Å². The Balaban J connectivity index is 1.67. The van der Waals surface area contributed by atoms with Gasteiger partial charge in [0, 0.05) is 30.6 Å². The Bertz CT molecular complexity index is 1200. The molecule has 8 heteroatoms. The molecule has 2 aliphatic rings. The van der Waals surface area contributed by atoms with E-state index in [1.807, 2.05) is 0 Å². The molecule has 2 aliphatic heterocycles. The minimum absolute atomic E-state index is 0.156. The third kappa shape index (κ3) is 2.76. The minimum atomic E-state index is -3.82. The van der Waals surface area contributed by atoms with Crippen LogP contribution in [0.2, 0.25) is 0 Å². The van der Waals surface area contributed by atoms with E-state index in [2.05, 4.69) is 16.4 Å². The van der Waals surface area contributed by atoms with E-state index in [1.165, 1.54) is 10.0 Å². The average molecular weight is 397 g/mol. The molecule has 0 unspecified atom stereocenters. The third-order valence-corrected chi connectivity index (χ3v) is 6.68. The molecule has 0 aliphatic carbocycles. The first-order valence-corrected chi connectivity index (χ1v) is 10.6. The highest BCUT2D eigenvalue weighted by molar-refractivity contribution is 7.90. The van der Waals surface area contributed by atoms with E-state index in [-0.39, 0.29) is 4.90 Å². The lowest BCUT2D eigenvalue weighted by atomic mass is 10.0. The van der Waals surface area contributed by atoms with Crippen LogP contribution < -0.4 is 14.8 Å². The highest BCUT2D eigenvalue weighted by atomic mass is 32.2. The van der Waals surface area contributed by atoms with Crippen molar-refractivity contribution in [2.75, 3.05) is 26.3 Å². The Morgan fingerprint density at radius 3 is 2.79 bits per heavy atom. The van der Waals surface area contributed by atoms with Crippen LogP contribution >= 0.6 is 0 Å². The first kappa shape index (κ1) is 17.3. The van der Waals surface area contributed by atoms with Crippen LogP contribution in [0.15, 0.2) is 53.7 Å². The molecule has 7 nitrogen and oxygen atoms in total. The molecule has 0 spiro atoms. The first-order chi connectivity index (χ1) is 13.6. The van der Waals surface area contributed by atoms with E-state index >= 15 is 0 Å². The SMILES string of the molecule is O=S(=O)(c1ccc2c(c1)OCCO2)n1cc(C2=CCNCC2)c2ncccc21. The van der Waals surface area contributed by atoms with Gasteiger partial charge in [0.25, 0.3) is 10.0 Å². The van der Waals surface area contributed by atoms with Gasteiger partial charge in [-0.2, -0.15) is 0 Å².